The van der Waals surface area contributed by atoms with E-state index in [0.29, 0.717) is 28.4 Å². The second kappa shape index (κ2) is 9.30. The molecule has 0 radical (unpaired) electrons. The first kappa shape index (κ1) is 22.3. The number of halogens is 1. The van der Waals surface area contributed by atoms with Gasteiger partial charge in [-0.25, -0.2) is 0 Å². The van der Waals surface area contributed by atoms with Gasteiger partial charge in [0.1, 0.15) is 0 Å². The van der Waals surface area contributed by atoms with Gasteiger partial charge in [0, 0.05) is 43.3 Å². The van der Waals surface area contributed by atoms with Crippen LogP contribution in [0.3, 0.4) is 0 Å². The summed E-state index contributed by atoms with van der Waals surface area (Å²) >= 11 is 6.21. The van der Waals surface area contributed by atoms with Crippen LogP contribution in [0.1, 0.15) is 50.8 Å². The van der Waals surface area contributed by atoms with Crippen molar-refractivity contribution in [2.24, 2.45) is 0 Å². The average Bonchev–Trinajstić information content (AvgIpc) is 3.02. The van der Waals surface area contributed by atoms with E-state index in [4.69, 9.17) is 11.6 Å². The van der Waals surface area contributed by atoms with Crippen LogP contribution < -0.4 is 10.2 Å². The lowest BCUT2D eigenvalue weighted by Gasteiger charge is -2.35. The largest absolute Gasteiger partial charge is 0.367 e. The summed E-state index contributed by atoms with van der Waals surface area (Å²) < 4.78 is 0. The van der Waals surface area contributed by atoms with Gasteiger partial charge in [-0.2, -0.15) is 0 Å². The Labute approximate surface area is 192 Å². The number of carbonyl (C=O) groups excluding carboxylic acids is 3. The molecule has 32 heavy (non-hydrogen) atoms. The average molecular weight is 455 g/mol. The molecule has 8 heteroatoms. The number of piperazine rings is 1. The minimum Gasteiger partial charge on any atom is -0.367 e. The van der Waals surface area contributed by atoms with Crippen molar-refractivity contribution in [1.29, 1.82) is 0 Å². The second-order valence-electron chi connectivity index (χ2n) is 8.28. The van der Waals surface area contributed by atoms with Crippen LogP contribution in [0.2, 0.25) is 5.02 Å². The molecule has 0 aliphatic carbocycles. The standard InChI is InChI=1S/C24H27ClN4O3/c1-3-4-9-29-23(31)18-7-5-16(14-19(18)24(29)32)22(30)26-20-15-17(25)6-8-21(20)28-12-10-27(2)11-13-28/h5-8,14-15H,3-4,9-13H2,1-2H3,(H,26,30). The predicted molar refractivity (Wildman–Crippen MR) is 126 cm³/mol. The zero-order valence-corrected chi connectivity index (χ0v) is 19.1. The highest BCUT2D eigenvalue weighted by atomic mass is 35.5. The molecule has 2 aliphatic rings. The molecule has 0 aromatic heterocycles. The highest BCUT2D eigenvalue weighted by molar-refractivity contribution is 6.31. The van der Waals surface area contributed by atoms with Gasteiger partial charge in [0.05, 0.1) is 22.5 Å². The molecular formula is C24H27ClN4O3. The number of imide groups is 1. The van der Waals surface area contributed by atoms with Crippen LogP contribution in [-0.4, -0.2) is 67.3 Å². The second-order valence-corrected chi connectivity index (χ2v) is 8.72. The first-order chi connectivity index (χ1) is 15.4. The summed E-state index contributed by atoms with van der Waals surface area (Å²) in [6, 6.07) is 10.1. The minimum absolute atomic E-state index is 0.282. The van der Waals surface area contributed by atoms with Gasteiger partial charge in [0.2, 0.25) is 0 Å². The Morgan fingerprint density at radius 3 is 2.44 bits per heavy atom. The fourth-order valence-electron chi connectivity index (χ4n) is 4.08. The van der Waals surface area contributed by atoms with Gasteiger partial charge < -0.3 is 15.1 Å². The molecule has 0 saturated carbocycles. The third-order valence-corrected chi connectivity index (χ3v) is 6.25. The van der Waals surface area contributed by atoms with E-state index >= 15 is 0 Å². The molecule has 1 saturated heterocycles. The number of likely N-dealkylation sites (N-methyl/N-ethyl adjacent to an activating group) is 1. The summed E-state index contributed by atoms with van der Waals surface area (Å²) in [5, 5.41) is 3.48. The van der Waals surface area contributed by atoms with Crippen LogP contribution in [0.15, 0.2) is 36.4 Å². The molecule has 0 spiro atoms. The van der Waals surface area contributed by atoms with Crippen molar-refractivity contribution in [3.63, 3.8) is 0 Å². The highest BCUT2D eigenvalue weighted by Gasteiger charge is 2.35. The molecule has 0 unspecified atom stereocenters. The SMILES string of the molecule is CCCCN1C(=O)c2ccc(C(=O)Nc3cc(Cl)ccc3N3CCN(C)CC3)cc2C1=O. The molecule has 0 atom stereocenters. The number of nitrogens with zero attached hydrogens (tertiary/aromatic N) is 3. The zero-order chi connectivity index (χ0) is 22.8. The van der Waals surface area contributed by atoms with Crippen molar-refractivity contribution in [2.75, 3.05) is 50.0 Å². The maximum Gasteiger partial charge on any atom is 0.261 e. The van der Waals surface area contributed by atoms with E-state index in [1.165, 1.54) is 11.0 Å². The number of unbranched alkanes of at least 4 members (excludes halogenated alkanes) is 1. The first-order valence-corrected chi connectivity index (χ1v) is 11.3. The van der Waals surface area contributed by atoms with Crippen molar-refractivity contribution in [2.45, 2.75) is 19.8 Å². The van der Waals surface area contributed by atoms with Crippen molar-refractivity contribution >= 4 is 40.7 Å². The Kier molecular flexibility index (Phi) is 6.48. The predicted octanol–water partition coefficient (Wildman–Crippen LogP) is 3.74. The number of benzene rings is 2. The van der Waals surface area contributed by atoms with E-state index in [-0.39, 0.29) is 23.3 Å². The minimum atomic E-state index is -0.349. The smallest absolute Gasteiger partial charge is 0.261 e. The number of hydrogen-bond acceptors (Lipinski definition) is 5. The third-order valence-electron chi connectivity index (χ3n) is 6.02. The Bertz CT molecular complexity index is 1060. The fraction of sp³-hybridized carbons (Fsp3) is 0.375. The maximum absolute atomic E-state index is 13.1. The molecule has 2 aliphatic heterocycles. The van der Waals surface area contributed by atoms with E-state index in [1.807, 2.05) is 19.1 Å². The topological polar surface area (TPSA) is 73.0 Å². The third kappa shape index (κ3) is 4.36. The molecule has 0 bridgehead atoms. The van der Waals surface area contributed by atoms with Crippen LogP contribution in [-0.2, 0) is 0 Å². The molecule has 2 heterocycles. The van der Waals surface area contributed by atoms with E-state index in [2.05, 4.69) is 22.2 Å². The van der Waals surface area contributed by atoms with Crippen LogP contribution >= 0.6 is 11.6 Å². The summed E-state index contributed by atoms with van der Waals surface area (Å²) in [6.45, 7) is 5.97. The van der Waals surface area contributed by atoms with Gasteiger partial charge in [-0.3, -0.25) is 19.3 Å². The van der Waals surface area contributed by atoms with Crippen molar-refractivity contribution in [3.8, 4) is 0 Å². The highest BCUT2D eigenvalue weighted by Crippen LogP contribution is 2.31. The Hall–Kier alpha value is -2.90. The molecule has 2 aromatic carbocycles. The molecule has 3 amide bonds. The normalized spacial score (nSPS) is 16.5. The van der Waals surface area contributed by atoms with Crippen molar-refractivity contribution in [3.05, 3.63) is 58.1 Å². The summed E-state index contributed by atoms with van der Waals surface area (Å²) in [7, 11) is 2.09. The van der Waals surface area contributed by atoms with Gasteiger partial charge >= 0.3 is 0 Å². The van der Waals surface area contributed by atoms with Crippen molar-refractivity contribution < 1.29 is 14.4 Å². The number of nitrogens with one attached hydrogen (secondary N) is 1. The first-order valence-electron chi connectivity index (χ1n) is 10.9. The number of rotatable bonds is 6. The van der Waals surface area contributed by atoms with Gasteiger partial charge in [-0.05, 0) is 49.9 Å². The molecule has 168 valence electrons. The number of fused-ring (bicyclic) bond motifs is 1. The summed E-state index contributed by atoms with van der Waals surface area (Å²) in [5.74, 6) is -0.982. The lowest BCUT2D eigenvalue weighted by atomic mass is 10.1. The molecule has 7 nitrogen and oxygen atoms in total. The molecule has 1 fully saturated rings. The van der Waals surface area contributed by atoms with Crippen LogP contribution in [0.4, 0.5) is 11.4 Å². The molecular weight excluding hydrogens is 428 g/mol. The lowest BCUT2D eigenvalue weighted by Crippen LogP contribution is -2.44. The van der Waals surface area contributed by atoms with Gasteiger partial charge in [-0.15, -0.1) is 0 Å². The van der Waals surface area contributed by atoms with Crippen LogP contribution in [0.5, 0.6) is 0 Å². The van der Waals surface area contributed by atoms with Crippen LogP contribution in [0.25, 0.3) is 0 Å². The van der Waals surface area contributed by atoms with Gasteiger partial charge in [0.15, 0.2) is 0 Å². The zero-order valence-electron chi connectivity index (χ0n) is 18.4. The maximum atomic E-state index is 13.1. The number of hydrogen-bond donors (Lipinski definition) is 1. The van der Waals surface area contributed by atoms with Crippen LogP contribution in [0, 0.1) is 0 Å². The molecule has 4 rings (SSSR count). The van der Waals surface area contributed by atoms with E-state index in [9.17, 15) is 14.4 Å². The Morgan fingerprint density at radius 1 is 1.00 bits per heavy atom. The Balaban J connectivity index is 1.56. The Morgan fingerprint density at radius 2 is 1.72 bits per heavy atom. The number of anilines is 2. The van der Waals surface area contributed by atoms with E-state index < -0.39 is 0 Å². The van der Waals surface area contributed by atoms with Crippen molar-refractivity contribution in [1.82, 2.24) is 9.80 Å². The van der Waals surface area contributed by atoms with Gasteiger partial charge in [-0.1, -0.05) is 24.9 Å². The number of amides is 3. The van der Waals surface area contributed by atoms with Gasteiger partial charge in [0.25, 0.3) is 17.7 Å². The van der Waals surface area contributed by atoms with E-state index in [1.54, 1.807) is 18.2 Å². The fourth-order valence-corrected chi connectivity index (χ4v) is 4.25. The number of carbonyl (C=O) groups is 3. The lowest BCUT2D eigenvalue weighted by molar-refractivity contribution is 0.0652. The quantitative estimate of drug-likeness (QED) is 0.673. The molecule has 2 aromatic rings. The summed E-state index contributed by atoms with van der Waals surface area (Å²) in [6.07, 6.45) is 1.64. The van der Waals surface area contributed by atoms with E-state index in [0.717, 1.165) is 44.7 Å². The summed E-state index contributed by atoms with van der Waals surface area (Å²) in [5.41, 5.74) is 2.49. The molecule has 1 N–H and O–H groups in total. The summed E-state index contributed by atoms with van der Waals surface area (Å²) in [4.78, 5) is 44.1. The monoisotopic (exact) mass is 454 g/mol.